The number of ether oxygens (including phenoxy) is 1. The second-order valence-electron chi connectivity index (χ2n) is 4.45. The minimum atomic E-state index is 0.274. The van der Waals surface area contributed by atoms with Crippen molar-refractivity contribution in [1.82, 2.24) is 5.32 Å². The molecular formula is C11H19NO2. The van der Waals surface area contributed by atoms with Gasteiger partial charge in [-0.3, -0.25) is 4.79 Å². The van der Waals surface area contributed by atoms with Gasteiger partial charge in [0.05, 0.1) is 13.2 Å². The van der Waals surface area contributed by atoms with Crippen molar-refractivity contribution in [2.24, 2.45) is 5.92 Å². The Morgan fingerprint density at radius 2 is 2.29 bits per heavy atom. The lowest BCUT2D eigenvalue weighted by atomic mass is 10.1. The summed E-state index contributed by atoms with van der Waals surface area (Å²) in [6.07, 6.45) is 5.25. The van der Waals surface area contributed by atoms with Gasteiger partial charge in [-0.25, -0.2) is 0 Å². The molecule has 14 heavy (non-hydrogen) atoms. The van der Waals surface area contributed by atoms with E-state index in [1.807, 2.05) is 0 Å². The van der Waals surface area contributed by atoms with Crippen molar-refractivity contribution >= 4 is 5.78 Å². The Labute approximate surface area is 85.2 Å². The van der Waals surface area contributed by atoms with Crippen LogP contribution in [0.25, 0.3) is 0 Å². The van der Waals surface area contributed by atoms with Crippen molar-refractivity contribution < 1.29 is 9.53 Å². The topological polar surface area (TPSA) is 38.3 Å². The van der Waals surface area contributed by atoms with E-state index in [0.29, 0.717) is 18.8 Å². The van der Waals surface area contributed by atoms with Gasteiger partial charge in [0.2, 0.25) is 0 Å². The van der Waals surface area contributed by atoms with Gasteiger partial charge in [-0.1, -0.05) is 12.8 Å². The summed E-state index contributed by atoms with van der Waals surface area (Å²) in [5.41, 5.74) is 0. The fraction of sp³-hybridized carbons (Fsp3) is 0.909. The maximum atomic E-state index is 11.5. The van der Waals surface area contributed by atoms with E-state index in [0.717, 1.165) is 31.9 Å². The standard InChI is InChI=1S/C11H19NO2/c13-11(4-3-9-1-2-9)7-10-8-14-6-5-12-10/h9-10,12H,1-8H2. The highest BCUT2D eigenvalue weighted by atomic mass is 16.5. The number of nitrogens with one attached hydrogen (secondary N) is 1. The van der Waals surface area contributed by atoms with E-state index in [1.165, 1.54) is 12.8 Å². The summed E-state index contributed by atoms with van der Waals surface area (Å²) in [4.78, 5) is 11.5. The minimum absolute atomic E-state index is 0.274. The first-order valence-corrected chi connectivity index (χ1v) is 5.67. The third-order valence-corrected chi connectivity index (χ3v) is 3.00. The Morgan fingerprint density at radius 3 is 2.93 bits per heavy atom. The van der Waals surface area contributed by atoms with Crippen LogP contribution in [0.2, 0.25) is 0 Å². The second kappa shape index (κ2) is 4.89. The zero-order valence-corrected chi connectivity index (χ0v) is 8.63. The molecule has 1 saturated heterocycles. The zero-order chi connectivity index (χ0) is 9.80. The number of morpholine rings is 1. The first kappa shape index (κ1) is 10.1. The predicted molar refractivity (Wildman–Crippen MR) is 54.2 cm³/mol. The van der Waals surface area contributed by atoms with Gasteiger partial charge in [0.15, 0.2) is 0 Å². The maximum absolute atomic E-state index is 11.5. The number of rotatable bonds is 5. The fourth-order valence-corrected chi connectivity index (χ4v) is 1.90. The van der Waals surface area contributed by atoms with Crippen molar-refractivity contribution in [3.63, 3.8) is 0 Å². The van der Waals surface area contributed by atoms with E-state index in [1.54, 1.807) is 0 Å². The molecule has 1 saturated carbocycles. The molecule has 1 heterocycles. The molecule has 0 spiro atoms. The molecule has 2 rings (SSSR count). The van der Waals surface area contributed by atoms with E-state index in [2.05, 4.69) is 5.32 Å². The highest BCUT2D eigenvalue weighted by Crippen LogP contribution is 2.33. The molecule has 1 N–H and O–H groups in total. The van der Waals surface area contributed by atoms with Crippen molar-refractivity contribution in [2.45, 2.75) is 38.1 Å². The Morgan fingerprint density at radius 1 is 1.43 bits per heavy atom. The first-order chi connectivity index (χ1) is 6.84. The van der Waals surface area contributed by atoms with Gasteiger partial charge < -0.3 is 10.1 Å². The quantitative estimate of drug-likeness (QED) is 0.718. The molecule has 0 aromatic rings. The van der Waals surface area contributed by atoms with Crippen LogP contribution in [0.1, 0.15) is 32.1 Å². The summed E-state index contributed by atoms with van der Waals surface area (Å²) >= 11 is 0. The van der Waals surface area contributed by atoms with E-state index in [-0.39, 0.29) is 6.04 Å². The van der Waals surface area contributed by atoms with Crippen LogP contribution in [-0.2, 0) is 9.53 Å². The average molecular weight is 197 g/mol. The van der Waals surface area contributed by atoms with Crippen LogP contribution < -0.4 is 5.32 Å². The summed E-state index contributed by atoms with van der Waals surface area (Å²) < 4.78 is 5.31. The number of Topliss-reactive ketones (excluding diaryl/α,β-unsaturated/α-hetero) is 1. The van der Waals surface area contributed by atoms with Gasteiger partial charge in [0, 0.05) is 25.4 Å². The van der Waals surface area contributed by atoms with Crippen LogP contribution in [0.5, 0.6) is 0 Å². The molecule has 1 unspecified atom stereocenters. The molecule has 1 aliphatic heterocycles. The molecule has 80 valence electrons. The number of hydrogen-bond acceptors (Lipinski definition) is 3. The lowest BCUT2D eigenvalue weighted by Gasteiger charge is -2.23. The normalized spacial score (nSPS) is 27.6. The molecule has 0 radical (unpaired) electrons. The second-order valence-corrected chi connectivity index (χ2v) is 4.45. The molecule has 3 heteroatoms. The largest absolute Gasteiger partial charge is 0.379 e. The molecule has 0 aromatic carbocycles. The highest BCUT2D eigenvalue weighted by Gasteiger charge is 2.23. The third kappa shape index (κ3) is 3.39. The van der Waals surface area contributed by atoms with E-state index in [9.17, 15) is 4.79 Å². The lowest BCUT2D eigenvalue weighted by Crippen LogP contribution is -2.42. The zero-order valence-electron chi connectivity index (χ0n) is 8.63. The van der Waals surface area contributed by atoms with Gasteiger partial charge in [0.1, 0.15) is 5.78 Å². The molecular weight excluding hydrogens is 178 g/mol. The predicted octanol–water partition coefficient (Wildman–Crippen LogP) is 1.12. The summed E-state index contributed by atoms with van der Waals surface area (Å²) in [7, 11) is 0. The third-order valence-electron chi connectivity index (χ3n) is 3.00. The van der Waals surface area contributed by atoms with E-state index < -0.39 is 0 Å². The smallest absolute Gasteiger partial charge is 0.134 e. The van der Waals surface area contributed by atoms with Crippen molar-refractivity contribution in [2.75, 3.05) is 19.8 Å². The number of hydrogen-bond donors (Lipinski definition) is 1. The van der Waals surface area contributed by atoms with Crippen molar-refractivity contribution in [3.8, 4) is 0 Å². The van der Waals surface area contributed by atoms with Crippen LogP contribution in [0.15, 0.2) is 0 Å². The summed E-state index contributed by atoms with van der Waals surface area (Å²) in [5.74, 6) is 1.27. The molecule has 1 aliphatic carbocycles. The monoisotopic (exact) mass is 197 g/mol. The Hall–Kier alpha value is -0.410. The van der Waals surface area contributed by atoms with Gasteiger partial charge in [-0.15, -0.1) is 0 Å². The number of carbonyl (C=O) groups is 1. The van der Waals surface area contributed by atoms with E-state index >= 15 is 0 Å². The molecule has 3 nitrogen and oxygen atoms in total. The first-order valence-electron chi connectivity index (χ1n) is 5.67. The minimum Gasteiger partial charge on any atom is -0.379 e. The van der Waals surface area contributed by atoms with Crippen LogP contribution in [0.3, 0.4) is 0 Å². The van der Waals surface area contributed by atoms with Gasteiger partial charge in [0.25, 0.3) is 0 Å². The summed E-state index contributed by atoms with van der Waals surface area (Å²) in [6, 6.07) is 0.274. The number of ketones is 1. The fourth-order valence-electron chi connectivity index (χ4n) is 1.90. The molecule has 0 amide bonds. The van der Waals surface area contributed by atoms with Crippen LogP contribution >= 0.6 is 0 Å². The van der Waals surface area contributed by atoms with Crippen LogP contribution in [-0.4, -0.2) is 31.6 Å². The van der Waals surface area contributed by atoms with E-state index in [4.69, 9.17) is 4.74 Å². The van der Waals surface area contributed by atoms with Crippen molar-refractivity contribution in [1.29, 1.82) is 0 Å². The molecule has 0 bridgehead atoms. The Bertz CT molecular complexity index is 195. The number of carbonyl (C=O) groups excluding carboxylic acids is 1. The highest BCUT2D eigenvalue weighted by molar-refractivity contribution is 5.79. The molecule has 1 atom stereocenters. The van der Waals surface area contributed by atoms with Gasteiger partial charge in [-0.2, -0.15) is 0 Å². The van der Waals surface area contributed by atoms with Gasteiger partial charge >= 0.3 is 0 Å². The van der Waals surface area contributed by atoms with Gasteiger partial charge in [-0.05, 0) is 12.3 Å². The lowest BCUT2D eigenvalue weighted by molar-refractivity contribution is -0.120. The summed E-state index contributed by atoms with van der Waals surface area (Å²) in [5, 5.41) is 3.31. The summed E-state index contributed by atoms with van der Waals surface area (Å²) in [6.45, 7) is 2.38. The Kier molecular flexibility index (Phi) is 3.54. The SMILES string of the molecule is O=C(CCC1CC1)CC1COCCN1. The van der Waals surface area contributed by atoms with Crippen LogP contribution in [0, 0.1) is 5.92 Å². The average Bonchev–Trinajstić information content (AvgIpc) is 3.00. The molecule has 0 aromatic heterocycles. The van der Waals surface area contributed by atoms with Crippen molar-refractivity contribution in [3.05, 3.63) is 0 Å². The molecule has 2 aliphatic rings. The maximum Gasteiger partial charge on any atom is 0.134 e. The Balaban J connectivity index is 1.59. The molecule has 2 fully saturated rings. The van der Waals surface area contributed by atoms with Crippen LogP contribution in [0.4, 0.5) is 0 Å².